The molecule has 0 unspecified atom stereocenters. The number of aryl methyl sites for hydroxylation is 1. The molecule has 29 heavy (non-hydrogen) atoms. The second kappa shape index (κ2) is 8.55. The topological polar surface area (TPSA) is 49.6 Å². The van der Waals surface area contributed by atoms with Crippen LogP contribution >= 0.6 is 23.2 Å². The molecule has 0 radical (unpaired) electrons. The minimum absolute atomic E-state index is 0.00761. The summed E-state index contributed by atoms with van der Waals surface area (Å²) < 4.78 is 0. The smallest absolute Gasteiger partial charge is 0.231 e. The zero-order valence-electron chi connectivity index (χ0n) is 16.8. The summed E-state index contributed by atoms with van der Waals surface area (Å²) in [4.78, 5) is 17.4. The van der Waals surface area contributed by atoms with Crippen LogP contribution in [0.25, 0.3) is 0 Å². The monoisotopic (exact) mass is 431 g/mol. The molecule has 1 atom stereocenters. The van der Waals surface area contributed by atoms with E-state index in [1.54, 1.807) is 17.0 Å². The highest BCUT2D eigenvalue weighted by Crippen LogP contribution is 2.37. The minimum Gasteiger partial charge on any atom is -0.397 e. The maximum absolute atomic E-state index is 13.1. The lowest BCUT2D eigenvalue weighted by Crippen LogP contribution is -2.38. The van der Waals surface area contributed by atoms with Crippen molar-refractivity contribution < 1.29 is 4.79 Å². The fraction of sp³-hybridized carbons (Fsp3) is 0.435. The summed E-state index contributed by atoms with van der Waals surface area (Å²) in [6.45, 7) is 2.37. The SMILES string of the molecule is CN(C(=O)Cc1ccc(Cl)c(Cl)c1)c1c(N)ccc2c1C[C@@H](N1CCCC1)CC2. The van der Waals surface area contributed by atoms with E-state index in [9.17, 15) is 4.79 Å². The van der Waals surface area contributed by atoms with E-state index in [4.69, 9.17) is 28.9 Å². The summed E-state index contributed by atoms with van der Waals surface area (Å²) in [5.41, 5.74) is 11.3. The number of rotatable bonds is 4. The quantitative estimate of drug-likeness (QED) is 0.711. The van der Waals surface area contributed by atoms with E-state index in [0.717, 1.165) is 24.1 Å². The van der Waals surface area contributed by atoms with Crippen molar-refractivity contribution in [3.8, 4) is 0 Å². The molecule has 1 heterocycles. The van der Waals surface area contributed by atoms with Gasteiger partial charge in [0.2, 0.25) is 5.91 Å². The zero-order valence-corrected chi connectivity index (χ0v) is 18.3. The van der Waals surface area contributed by atoms with E-state index in [0.29, 0.717) is 21.8 Å². The van der Waals surface area contributed by atoms with Gasteiger partial charge in [0.25, 0.3) is 0 Å². The number of nitrogen functional groups attached to an aromatic ring is 1. The normalized spacial score (nSPS) is 19.2. The van der Waals surface area contributed by atoms with E-state index < -0.39 is 0 Å². The molecule has 0 saturated carbocycles. The number of carbonyl (C=O) groups is 1. The average Bonchev–Trinajstić information content (AvgIpc) is 3.24. The molecule has 1 saturated heterocycles. The Morgan fingerprint density at radius 2 is 1.93 bits per heavy atom. The molecule has 2 N–H and O–H groups in total. The number of hydrogen-bond acceptors (Lipinski definition) is 3. The average molecular weight is 432 g/mol. The van der Waals surface area contributed by atoms with Gasteiger partial charge in [0.15, 0.2) is 0 Å². The first-order valence-corrected chi connectivity index (χ1v) is 11.0. The van der Waals surface area contributed by atoms with Gasteiger partial charge in [-0.3, -0.25) is 4.79 Å². The van der Waals surface area contributed by atoms with Crippen LogP contribution in [0.4, 0.5) is 11.4 Å². The van der Waals surface area contributed by atoms with Gasteiger partial charge in [-0.25, -0.2) is 0 Å². The van der Waals surface area contributed by atoms with Gasteiger partial charge in [-0.1, -0.05) is 35.3 Å². The molecular formula is C23H27Cl2N3O. The van der Waals surface area contributed by atoms with Crippen molar-refractivity contribution in [2.75, 3.05) is 30.8 Å². The second-order valence-electron chi connectivity index (χ2n) is 8.16. The predicted octanol–water partition coefficient (Wildman–Crippen LogP) is 4.73. The number of nitrogens with zero attached hydrogens (tertiary/aromatic N) is 2. The number of likely N-dealkylation sites (tertiary alicyclic amines) is 1. The van der Waals surface area contributed by atoms with Gasteiger partial charge < -0.3 is 15.5 Å². The van der Waals surface area contributed by atoms with Crippen LogP contribution < -0.4 is 10.6 Å². The molecule has 0 aromatic heterocycles. The molecule has 0 bridgehead atoms. The number of amides is 1. The molecular weight excluding hydrogens is 405 g/mol. The number of fused-ring (bicyclic) bond motifs is 1. The van der Waals surface area contributed by atoms with Crippen LogP contribution in [0, 0.1) is 0 Å². The van der Waals surface area contributed by atoms with Gasteiger partial charge in [-0.05, 0) is 80.1 Å². The highest BCUT2D eigenvalue weighted by atomic mass is 35.5. The number of likely N-dealkylation sites (N-methyl/N-ethyl adjacent to an activating group) is 1. The van der Waals surface area contributed by atoms with Crippen LogP contribution in [0.1, 0.15) is 36.0 Å². The Balaban J connectivity index is 1.58. The lowest BCUT2D eigenvalue weighted by molar-refractivity contribution is -0.117. The number of hydrogen-bond donors (Lipinski definition) is 1. The Morgan fingerprint density at radius 1 is 1.17 bits per heavy atom. The van der Waals surface area contributed by atoms with E-state index in [2.05, 4.69) is 11.0 Å². The molecule has 4 rings (SSSR count). The largest absolute Gasteiger partial charge is 0.397 e. The molecule has 154 valence electrons. The summed E-state index contributed by atoms with van der Waals surface area (Å²) >= 11 is 12.1. The molecule has 1 aliphatic heterocycles. The maximum Gasteiger partial charge on any atom is 0.231 e. The first-order valence-electron chi connectivity index (χ1n) is 10.3. The number of benzene rings is 2. The molecule has 4 nitrogen and oxygen atoms in total. The Labute approximate surface area is 182 Å². The minimum atomic E-state index is -0.00761. The van der Waals surface area contributed by atoms with Gasteiger partial charge in [0.1, 0.15) is 0 Å². The third-order valence-electron chi connectivity index (χ3n) is 6.30. The Kier molecular flexibility index (Phi) is 6.05. The molecule has 2 aliphatic rings. The van der Waals surface area contributed by atoms with Crippen LogP contribution in [0.2, 0.25) is 10.0 Å². The summed E-state index contributed by atoms with van der Waals surface area (Å²) in [6.07, 6.45) is 6.01. The van der Waals surface area contributed by atoms with Crippen LogP contribution in [0.3, 0.4) is 0 Å². The van der Waals surface area contributed by atoms with Crippen molar-refractivity contribution in [2.24, 2.45) is 0 Å². The van der Waals surface area contributed by atoms with Crippen molar-refractivity contribution in [2.45, 2.75) is 44.6 Å². The number of halogens is 2. The highest BCUT2D eigenvalue weighted by molar-refractivity contribution is 6.42. The predicted molar refractivity (Wildman–Crippen MR) is 121 cm³/mol. The van der Waals surface area contributed by atoms with E-state index in [-0.39, 0.29) is 12.3 Å². The summed E-state index contributed by atoms with van der Waals surface area (Å²) in [7, 11) is 1.82. The summed E-state index contributed by atoms with van der Waals surface area (Å²) in [6, 6.07) is 9.94. The first kappa shape index (κ1) is 20.5. The molecule has 0 spiro atoms. The summed E-state index contributed by atoms with van der Waals surface area (Å²) in [5.74, 6) is -0.00761. The third-order valence-corrected chi connectivity index (χ3v) is 7.04. The fourth-order valence-corrected chi connectivity index (χ4v) is 5.02. The molecule has 1 fully saturated rings. The maximum atomic E-state index is 13.1. The van der Waals surface area contributed by atoms with Crippen molar-refractivity contribution in [1.29, 1.82) is 0 Å². The van der Waals surface area contributed by atoms with Crippen molar-refractivity contribution in [3.63, 3.8) is 0 Å². The van der Waals surface area contributed by atoms with Gasteiger partial charge in [0, 0.05) is 13.1 Å². The first-order chi connectivity index (χ1) is 13.9. The third kappa shape index (κ3) is 4.25. The highest BCUT2D eigenvalue weighted by Gasteiger charge is 2.30. The lowest BCUT2D eigenvalue weighted by Gasteiger charge is -2.35. The Hall–Kier alpha value is -1.75. The van der Waals surface area contributed by atoms with E-state index >= 15 is 0 Å². The molecule has 1 amide bonds. The van der Waals surface area contributed by atoms with Gasteiger partial charge in [-0.15, -0.1) is 0 Å². The lowest BCUT2D eigenvalue weighted by atomic mass is 9.85. The van der Waals surface area contributed by atoms with Crippen molar-refractivity contribution in [1.82, 2.24) is 4.90 Å². The number of nitrogens with two attached hydrogens (primary N) is 1. The number of carbonyl (C=O) groups excluding carboxylic acids is 1. The molecule has 1 aliphatic carbocycles. The Morgan fingerprint density at radius 3 is 2.66 bits per heavy atom. The van der Waals surface area contributed by atoms with Gasteiger partial charge in [-0.2, -0.15) is 0 Å². The van der Waals surface area contributed by atoms with E-state index in [1.165, 1.54) is 43.5 Å². The van der Waals surface area contributed by atoms with Crippen molar-refractivity contribution in [3.05, 3.63) is 57.1 Å². The van der Waals surface area contributed by atoms with Gasteiger partial charge >= 0.3 is 0 Å². The van der Waals surface area contributed by atoms with Crippen LogP contribution in [0.5, 0.6) is 0 Å². The molecule has 6 heteroatoms. The standard InChI is InChI=1S/C23H27Cl2N3O/c1-27(22(29)13-15-4-8-19(24)20(25)12-15)23-18-14-17(28-10-2-3-11-28)7-5-16(18)6-9-21(23)26/h4,6,8-9,12,17H,2-3,5,7,10-11,13-14,26H2,1H3/t17-/m0/s1. The van der Waals surface area contributed by atoms with Gasteiger partial charge in [0.05, 0.1) is 27.8 Å². The molecule has 2 aromatic rings. The van der Waals surface area contributed by atoms with E-state index in [1.807, 2.05) is 19.2 Å². The molecule has 2 aromatic carbocycles. The summed E-state index contributed by atoms with van der Waals surface area (Å²) in [5, 5.41) is 0.954. The van der Waals surface area contributed by atoms with Crippen molar-refractivity contribution >= 4 is 40.5 Å². The number of anilines is 2. The fourth-order valence-electron chi connectivity index (χ4n) is 4.70. The second-order valence-corrected chi connectivity index (χ2v) is 8.97. The van der Waals surface area contributed by atoms with Crippen LogP contribution in [-0.4, -0.2) is 37.0 Å². The van der Waals surface area contributed by atoms with Crippen LogP contribution in [-0.2, 0) is 24.1 Å². The zero-order chi connectivity index (χ0) is 20.5. The van der Waals surface area contributed by atoms with Crippen LogP contribution in [0.15, 0.2) is 30.3 Å². The Bertz CT molecular complexity index is 925.